The minimum absolute atomic E-state index is 0.0219. The summed E-state index contributed by atoms with van der Waals surface area (Å²) < 4.78 is 42.4. The number of rotatable bonds is 6. The van der Waals surface area contributed by atoms with E-state index in [2.05, 4.69) is 10.0 Å². The van der Waals surface area contributed by atoms with Crippen LogP contribution >= 0.6 is 0 Å². The van der Waals surface area contributed by atoms with E-state index < -0.39 is 27.8 Å². The molecule has 2 aromatic rings. The lowest BCUT2D eigenvalue weighted by Gasteiger charge is -2.22. The van der Waals surface area contributed by atoms with E-state index in [0.29, 0.717) is 17.7 Å². The van der Waals surface area contributed by atoms with E-state index in [-0.39, 0.29) is 28.4 Å². The lowest BCUT2D eigenvalue weighted by Crippen LogP contribution is -2.47. The maximum absolute atomic E-state index is 13.8. The molecule has 0 spiro atoms. The van der Waals surface area contributed by atoms with E-state index in [1.54, 1.807) is 43.9 Å². The van der Waals surface area contributed by atoms with Gasteiger partial charge in [0.1, 0.15) is 11.9 Å². The molecule has 9 heteroatoms. The minimum atomic E-state index is -4.02. The van der Waals surface area contributed by atoms with Crippen LogP contribution in [0.15, 0.2) is 41.3 Å². The number of nitrogens with zero attached hydrogens (tertiary/aromatic N) is 1. The van der Waals surface area contributed by atoms with E-state index in [9.17, 15) is 22.4 Å². The predicted octanol–water partition coefficient (Wildman–Crippen LogP) is 3.37. The van der Waals surface area contributed by atoms with Crippen molar-refractivity contribution in [2.75, 3.05) is 10.2 Å². The van der Waals surface area contributed by atoms with Crippen molar-refractivity contribution in [1.82, 2.24) is 4.72 Å². The van der Waals surface area contributed by atoms with Crippen molar-refractivity contribution in [3.8, 4) is 0 Å². The molecule has 172 valence electrons. The number of fused-ring (bicyclic) bond motifs is 1. The fourth-order valence-electron chi connectivity index (χ4n) is 3.87. The molecule has 0 saturated carbocycles. The largest absolute Gasteiger partial charge is 0.325 e. The Morgan fingerprint density at radius 1 is 1.16 bits per heavy atom. The molecule has 0 saturated heterocycles. The number of nitrogens with one attached hydrogen (secondary N) is 2. The topological polar surface area (TPSA) is 95.6 Å². The Morgan fingerprint density at radius 2 is 1.84 bits per heavy atom. The van der Waals surface area contributed by atoms with Gasteiger partial charge in [-0.3, -0.25) is 9.59 Å². The van der Waals surface area contributed by atoms with Crippen molar-refractivity contribution in [3.05, 3.63) is 53.3 Å². The molecule has 0 radical (unpaired) electrons. The summed E-state index contributed by atoms with van der Waals surface area (Å²) in [4.78, 5) is 26.4. The van der Waals surface area contributed by atoms with Gasteiger partial charge in [0.15, 0.2) is 0 Å². The van der Waals surface area contributed by atoms with Crippen LogP contribution in [0.5, 0.6) is 0 Å². The van der Waals surface area contributed by atoms with Crippen LogP contribution < -0.4 is 14.9 Å². The summed E-state index contributed by atoms with van der Waals surface area (Å²) in [6.07, 6.45) is 0.547. The van der Waals surface area contributed by atoms with Gasteiger partial charge >= 0.3 is 0 Å². The highest BCUT2D eigenvalue weighted by Gasteiger charge is 2.32. The first-order valence-electron chi connectivity index (χ1n) is 10.4. The van der Waals surface area contributed by atoms with Crippen molar-refractivity contribution < 1.29 is 22.4 Å². The number of benzene rings is 2. The molecule has 2 N–H and O–H groups in total. The van der Waals surface area contributed by atoms with Gasteiger partial charge in [0.05, 0.1) is 4.90 Å². The molecule has 3 rings (SSSR count). The van der Waals surface area contributed by atoms with Gasteiger partial charge in [0.25, 0.3) is 0 Å². The molecule has 0 aromatic heterocycles. The third-order valence-corrected chi connectivity index (χ3v) is 7.03. The molecule has 0 bridgehead atoms. The number of anilines is 2. The zero-order valence-electron chi connectivity index (χ0n) is 18.8. The van der Waals surface area contributed by atoms with Crippen molar-refractivity contribution in [3.63, 3.8) is 0 Å². The van der Waals surface area contributed by atoms with E-state index in [4.69, 9.17) is 0 Å². The van der Waals surface area contributed by atoms with Crippen LogP contribution in [0.25, 0.3) is 0 Å². The smallest absolute Gasteiger partial charge is 0.242 e. The molecule has 1 aliphatic heterocycles. The van der Waals surface area contributed by atoms with Gasteiger partial charge in [-0.2, -0.15) is 4.72 Å². The first-order chi connectivity index (χ1) is 14.9. The Morgan fingerprint density at radius 3 is 2.44 bits per heavy atom. The van der Waals surface area contributed by atoms with E-state index >= 15 is 0 Å². The van der Waals surface area contributed by atoms with Crippen molar-refractivity contribution in [2.24, 2.45) is 5.92 Å². The third kappa shape index (κ3) is 4.83. The van der Waals surface area contributed by atoms with Gasteiger partial charge in [-0.15, -0.1) is 0 Å². The van der Waals surface area contributed by atoms with Crippen molar-refractivity contribution in [2.45, 2.75) is 58.0 Å². The van der Waals surface area contributed by atoms with E-state index in [1.807, 2.05) is 6.92 Å². The lowest BCUT2D eigenvalue weighted by atomic mass is 10.0. The summed E-state index contributed by atoms with van der Waals surface area (Å²) >= 11 is 0. The maximum atomic E-state index is 13.8. The van der Waals surface area contributed by atoms with Gasteiger partial charge < -0.3 is 10.2 Å². The van der Waals surface area contributed by atoms with Crippen molar-refractivity contribution in [1.29, 1.82) is 0 Å². The van der Waals surface area contributed by atoms with Crippen LogP contribution in [-0.4, -0.2) is 32.3 Å². The summed E-state index contributed by atoms with van der Waals surface area (Å²) in [5.74, 6) is -1.50. The SMILES string of the molecule is CC(=O)N1c2ccc(S(=O)(=O)N[C@@H](C(=O)Nc3ccc(C)c(F)c3)C(C)C)cc2C[C@H]1C. The highest BCUT2D eigenvalue weighted by atomic mass is 32.2. The zero-order valence-corrected chi connectivity index (χ0v) is 19.6. The molecular formula is C23H28FN3O4S. The number of sulfonamides is 1. The van der Waals surface area contributed by atoms with E-state index in [1.165, 1.54) is 25.1 Å². The number of carbonyl (C=O) groups excluding carboxylic acids is 2. The fraction of sp³-hybridized carbons (Fsp3) is 0.391. The van der Waals surface area contributed by atoms with Crippen LogP contribution in [0.2, 0.25) is 0 Å². The zero-order chi connectivity index (χ0) is 23.8. The van der Waals surface area contributed by atoms with Crippen LogP contribution in [0.3, 0.4) is 0 Å². The molecule has 1 aliphatic rings. The van der Waals surface area contributed by atoms with Gasteiger partial charge in [-0.05, 0) is 67.6 Å². The molecule has 2 amide bonds. The number of aryl methyl sites for hydroxylation is 1. The molecule has 32 heavy (non-hydrogen) atoms. The molecule has 1 heterocycles. The van der Waals surface area contributed by atoms with Crippen LogP contribution in [0.1, 0.15) is 38.8 Å². The minimum Gasteiger partial charge on any atom is -0.325 e. The highest BCUT2D eigenvalue weighted by molar-refractivity contribution is 7.89. The highest BCUT2D eigenvalue weighted by Crippen LogP contribution is 2.34. The van der Waals surface area contributed by atoms with Crippen LogP contribution in [0, 0.1) is 18.7 Å². The molecule has 7 nitrogen and oxygen atoms in total. The van der Waals surface area contributed by atoms with Crippen LogP contribution in [0.4, 0.5) is 15.8 Å². The summed E-state index contributed by atoms with van der Waals surface area (Å²) in [5, 5.41) is 2.58. The third-order valence-electron chi connectivity index (χ3n) is 5.59. The Kier molecular flexibility index (Phi) is 6.71. The standard InChI is InChI=1S/C23H28FN3O4S/c1-13(2)22(23(29)25-18-7-6-14(3)20(24)12-18)26-32(30,31)19-8-9-21-17(11-19)10-15(4)27(21)16(5)28/h6-9,11-13,15,22,26H,10H2,1-5H3,(H,25,29)/t15-,22-/m1/s1. The average molecular weight is 462 g/mol. The average Bonchev–Trinajstić information content (AvgIpc) is 3.03. The molecular weight excluding hydrogens is 433 g/mol. The lowest BCUT2D eigenvalue weighted by molar-refractivity contribution is -0.118. The second-order valence-corrected chi connectivity index (χ2v) is 10.2. The first-order valence-corrected chi connectivity index (χ1v) is 11.9. The number of hydrogen-bond acceptors (Lipinski definition) is 4. The van der Waals surface area contributed by atoms with Gasteiger partial charge in [0, 0.05) is 24.3 Å². The molecule has 0 aliphatic carbocycles. The van der Waals surface area contributed by atoms with E-state index in [0.717, 1.165) is 5.56 Å². The number of hydrogen-bond donors (Lipinski definition) is 2. The van der Waals surface area contributed by atoms with Crippen molar-refractivity contribution >= 4 is 33.2 Å². The molecule has 2 aromatic carbocycles. The van der Waals surface area contributed by atoms with Gasteiger partial charge in [-0.1, -0.05) is 19.9 Å². The normalized spacial score (nSPS) is 16.7. The number of carbonyl (C=O) groups is 2. The first kappa shape index (κ1) is 23.9. The molecule has 2 atom stereocenters. The maximum Gasteiger partial charge on any atom is 0.242 e. The Labute approximate surface area is 188 Å². The number of halogens is 1. The summed E-state index contributed by atoms with van der Waals surface area (Å²) in [6.45, 7) is 8.43. The van der Waals surface area contributed by atoms with Gasteiger partial charge in [0.2, 0.25) is 21.8 Å². The second kappa shape index (κ2) is 8.99. The Hall–Kier alpha value is -2.78. The second-order valence-electron chi connectivity index (χ2n) is 8.53. The molecule has 0 unspecified atom stereocenters. The molecule has 0 fully saturated rings. The summed E-state index contributed by atoms with van der Waals surface area (Å²) in [5.41, 5.74) is 2.15. The Bertz CT molecular complexity index is 1160. The predicted molar refractivity (Wildman–Crippen MR) is 121 cm³/mol. The Balaban J connectivity index is 1.83. The van der Waals surface area contributed by atoms with Gasteiger partial charge in [-0.25, -0.2) is 12.8 Å². The quantitative estimate of drug-likeness (QED) is 0.690. The fourth-order valence-corrected chi connectivity index (χ4v) is 5.27. The summed E-state index contributed by atoms with van der Waals surface area (Å²) in [7, 11) is -4.02. The monoisotopic (exact) mass is 461 g/mol. The summed E-state index contributed by atoms with van der Waals surface area (Å²) in [6, 6.07) is 7.76. The number of amides is 2. The van der Waals surface area contributed by atoms with Crippen LogP contribution in [-0.2, 0) is 26.0 Å².